The van der Waals surface area contributed by atoms with E-state index in [1.54, 1.807) is 0 Å². The van der Waals surface area contributed by atoms with Gasteiger partial charge in [-0.2, -0.15) is 13.2 Å². The Morgan fingerprint density at radius 1 is 0.850 bits per heavy atom. The van der Waals surface area contributed by atoms with E-state index < -0.39 is 31.0 Å². The molecule has 0 heterocycles. The van der Waals surface area contributed by atoms with Gasteiger partial charge in [0, 0.05) is 0 Å². The summed E-state index contributed by atoms with van der Waals surface area (Å²) in [7, 11) is 0. The van der Waals surface area contributed by atoms with Gasteiger partial charge in [0.15, 0.2) is 0 Å². The molecule has 4 N–H and O–H groups in total. The van der Waals surface area contributed by atoms with Crippen molar-refractivity contribution >= 4 is 0 Å². The first-order valence-electron chi connectivity index (χ1n) is 5.20. The summed E-state index contributed by atoms with van der Waals surface area (Å²) in [5.41, 5.74) is 0. The normalized spacial score (nSPS) is 16.4. The lowest BCUT2D eigenvalue weighted by Crippen LogP contribution is -2.30. The molecule has 0 aromatic heterocycles. The van der Waals surface area contributed by atoms with E-state index in [2.05, 4.69) is 0 Å². The molecule has 0 aromatic carbocycles. The molecule has 0 rings (SSSR count). The topological polar surface area (TPSA) is 90.2 Å². The maximum Gasteiger partial charge on any atom is 0.425 e. The van der Waals surface area contributed by atoms with Crippen molar-refractivity contribution in [1.29, 1.82) is 0 Å². The number of hydrogen-bond donors (Lipinski definition) is 4. The van der Waals surface area contributed by atoms with Gasteiger partial charge in [0.2, 0.25) is 0 Å². The van der Waals surface area contributed by atoms with E-state index in [1.165, 1.54) is 0 Å². The lowest BCUT2D eigenvalue weighted by molar-refractivity contribution is -0.211. The van der Waals surface area contributed by atoms with Gasteiger partial charge < -0.3 is 25.2 Å². The van der Waals surface area contributed by atoms with E-state index in [4.69, 9.17) is 25.2 Å². The molecule has 3 unspecified atom stereocenters. The van der Waals surface area contributed by atoms with Crippen LogP contribution < -0.4 is 0 Å². The number of rotatable bonds is 7. The molecule has 0 aliphatic carbocycles. The van der Waals surface area contributed by atoms with Gasteiger partial charge in [-0.15, -0.1) is 0 Å². The van der Waals surface area contributed by atoms with Crippen LogP contribution in [0.5, 0.6) is 0 Å². The Kier molecular flexibility index (Phi) is 12.0. The van der Waals surface area contributed by atoms with Crippen molar-refractivity contribution in [3.05, 3.63) is 0 Å². The van der Waals surface area contributed by atoms with E-state index >= 15 is 0 Å². The SMILES string of the molecule is FC(F)C(F)C(F)(F)F.OCC(O)COCC(O)CO. The highest BCUT2D eigenvalue weighted by atomic mass is 19.4. The van der Waals surface area contributed by atoms with Gasteiger partial charge in [0.1, 0.15) is 12.2 Å². The van der Waals surface area contributed by atoms with Crippen molar-refractivity contribution in [3.63, 3.8) is 0 Å². The standard InChI is InChI=1S/C6H14O5.C3H2F6/c7-1-5(9)3-11-4-6(10)2-8;4-1(2(5)6)3(7,8)9/h5-10H,1-4H2;1-2H. The Morgan fingerprint density at radius 3 is 1.35 bits per heavy atom. The molecule has 0 fully saturated rings. The van der Waals surface area contributed by atoms with Crippen LogP contribution in [0, 0.1) is 0 Å². The molecule has 0 radical (unpaired) electrons. The number of alkyl halides is 6. The monoisotopic (exact) mass is 318 g/mol. The Hall–Kier alpha value is -0.620. The zero-order chi connectivity index (χ0) is 16.3. The molecule has 5 nitrogen and oxygen atoms in total. The number of hydrogen-bond acceptors (Lipinski definition) is 5. The fourth-order valence-electron chi connectivity index (χ4n) is 0.588. The van der Waals surface area contributed by atoms with Gasteiger partial charge >= 0.3 is 6.18 Å². The molecular weight excluding hydrogens is 302 g/mol. The maximum atomic E-state index is 11.2. The minimum absolute atomic E-state index is 0.0342. The highest BCUT2D eigenvalue weighted by Gasteiger charge is 2.46. The number of aliphatic hydroxyl groups is 4. The zero-order valence-electron chi connectivity index (χ0n) is 10.1. The molecule has 11 heteroatoms. The summed E-state index contributed by atoms with van der Waals surface area (Å²) in [6.07, 6.45) is -15.3. The summed E-state index contributed by atoms with van der Waals surface area (Å²) >= 11 is 0. The van der Waals surface area contributed by atoms with Gasteiger partial charge in [0.25, 0.3) is 12.6 Å². The van der Waals surface area contributed by atoms with Crippen molar-refractivity contribution in [2.24, 2.45) is 0 Å². The van der Waals surface area contributed by atoms with Gasteiger partial charge in [-0.1, -0.05) is 0 Å². The summed E-state index contributed by atoms with van der Waals surface area (Å²) in [6.45, 7) is -0.800. The zero-order valence-corrected chi connectivity index (χ0v) is 10.1. The summed E-state index contributed by atoms with van der Waals surface area (Å²) in [4.78, 5) is 0. The molecule has 0 saturated carbocycles. The Bertz CT molecular complexity index is 217. The van der Waals surface area contributed by atoms with Crippen LogP contribution in [-0.4, -0.2) is 77.8 Å². The molecule has 0 amide bonds. The van der Waals surface area contributed by atoms with Gasteiger partial charge in [0.05, 0.1) is 26.4 Å². The highest BCUT2D eigenvalue weighted by molar-refractivity contribution is 4.67. The smallest absolute Gasteiger partial charge is 0.394 e. The van der Waals surface area contributed by atoms with Gasteiger partial charge in [-0.25, -0.2) is 13.2 Å². The largest absolute Gasteiger partial charge is 0.425 e. The number of halogens is 6. The summed E-state index contributed by atoms with van der Waals surface area (Å²) in [6, 6.07) is 0. The van der Waals surface area contributed by atoms with Crippen LogP contribution in [0.15, 0.2) is 0 Å². The van der Waals surface area contributed by atoms with Crippen LogP contribution in [0.1, 0.15) is 0 Å². The van der Waals surface area contributed by atoms with Crippen LogP contribution in [-0.2, 0) is 4.74 Å². The van der Waals surface area contributed by atoms with E-state index in [0.29, 0.717) is 0 Å². The molecular formula is C9H16F6O5. The van der Waals surface area contributed by atoms with Crippen molar-refractivity contribution < 1.29 is 51.5 Å². The third kappa shape index (κ3) is 12.4. The van der Waals surface area contributed by atoms with E-state index in [1.807, 2.05) is 0 Å². The van der Waals surface area contributed by atoms with Gasteiger partial charge in [-0.05, 0) is 0 Å². The summed E-state index contributed by atoms with van der Waals surface area (Å²) in [5, 5.41) is 34.1. The van der Waals surface area contributed by atoms with Crippen LogP contribution in [0.3, 0.4) is 0 Å². The first-order valence-corrected chi connectivity index (χ1v) is 5.20. The highest BCUT2D eigenvalue weighted by Crippen LogP contribution is 2.27. The predicted octanol–water partition coefficient (Wildman–Crippen LogP) is -0.139. The molecule has 0 saturated heterocycles. The van der Waals surface area contributed by atoms with Crippen molar-refractivity contribution in [2.75, 3.05) is 26.4 Å². The second-order valence-electron chi connectivity index (χ2n) is 3.49. The molecule has 20 heavy (non-hydrogen) atoms. The number of aliphatic hydroxyl groups excluding tert-OH is 4. The summed E-state index contributed by atoms with van der Waals surface area (Å²) in [5.74, 6) is 0. The third-order valence-electron chi connectivity index (χ3n) is 1.58. The first kappa shape index (κ1) is 21.7. The Balaban J connectivity index is 0. The second kappa shape index (κ2) is 11.1. The maximum absolute atomic E-state index is 11.2. The van der Waals surface area contributed by atoms with E-state index in [9.17, 15) is 26.3 Å². The van der Waals surface area contributed by atoms with Crippen LogP contribution in [0.2, 0.25) is 0 Å². The molecule has 3 atom stereocenters. The average molecular weight is 318 g/mol. The minimum Gasteiger partial charge on any atom is -0.394 e. The fraction of sp³-hybridized carbons (Fsp3) is 1.00. The Morgan fingerprint density at radius 2 is 1.20 bits per heavy atom. The number of ether oxygens (including phenoxy) is 1. The van der Waals surface area contributed by atoms with E-state index in [-0.39, 0.29) is 26.4 Å². The molecule has 0 aromatic rings. The van der Waals surface area contributed by atoms with Crippen LogP contribution in [0.25, 0.3) is 0 Å². The van der Waals surface area contributed by atoms with Crippen LogP contribution in [0.4, 0.5) is 26.3 Å². The van der Waals surface area contributed by atoms with Crippen molar-refractivity contribution in [3.8, 4) is 0 Å². The molecule has 0 bridgehead atoms. The average Bonchev–Trinajstić information content (AvgIpc) is 2.36. The quantitative estimate of drug-likeness (QED) is 0.491. The van der Waals surface area contributed by atoms with Crippen molar-refractivity contribution in [2.45, 2.75) is 31.0 Å². The first-order chi connectivity index (χ1) is 9.06. The third-order valence-corrected chi connectivity index (χ3v) is 1.58. The molecule has 0 aliphatic heterocycles. The Labute approximate surface area is 110 Å². The minimum atomic E-state index is -5.44. The molecule has 0 aliphatic rings. The molecule has 0 spiro atoms. The molecule has 124 valence electrons. The fourth-order valence-corrected chi connectivity index (χ4v) is 0.588. The lowest BCUT2D eigenvalue weighted by Gasteiger charge is -2.10. The van der Waals surface area contributed by atoms with Crippen LogP contribution >= 0.6 is 0 Å². The summed E-state index contributed by atoms with van der Waals surface area (Å²) < 4.78 is 70.1. The lowest BCUT2D eigenvalue weighted by atomic mass is 10.4. The predicted molar refractivity (Wildman–Crippen MR) is 54.0 cm³/mol. The van der Waals surface area contributed by atoms with Gasteiger partial charge in [-0.3, -0.25) is 0 Å². The second-order valence-corrected chi connectivity index (χ2v) is 3.49. The van der Waals surface area contributed by atoms with E-state index in [0.717, 1.165) is 0 Å². The van der Waals surface area contributed by atoms with Crippen molar-refractivity contribution in [1.82, 2.24) is 0 Å².